The summed E-state index contributed by atoms with van der Waals surface area (Å²) in [5, 5.41) is 2.67. The number of rotatable bonds is 6. The number of amides is 1. The van der Waals surface area contributed by atoms with Gasteiger partial charge >= 0.3 is 6.09 Å². The second-order valence-corrected chi connectivity index (χ2v) is 4.55. The van der Waals surface area contributed by atoms with Gasteiger partial charge in [-0.2, -0.15) is 0 Å². The Morgan fingerprint density at radius 2 is 1.95 bits per heavy atom. The van der Waals surface area contributed by atoms with E-state index < -0.39 is 6.09 Å². The number of benzene rings is 1. The molecule has 0 spiro atoms. The molecular formula is C13H18BrNO4. The molecule has 0 bridgehead atoms. The van der Waals surface area contributed by atoms with Gasteiger partial charge in [-0.05, 0) is 47.0 Å². The minimum absolute atomic E-state index is 0.362. The normalized spacial score (nSPS) is 9.89. The Morgan fingerprint density at radius 3 is 2.53 bits per heavy atom. The van der Waals surface area contributed by atoms with Gasteiger partial charge < -0.3 is 19.5 Å². The molecule has 0 aliphatic carbocycles. The molecule has 106 valence electrons. The average molecular weight is 332 g/mol. The van der Waals surface area contributed by atoms with Gasteiger partial charge in [0.2, 0.25) is 0 Å². The van der Waals surface area contributed by atoms with E-state index in [0.717, 1.165) is 21.5 Å². The number of alkyl carbamates (subject to hydrolysis) is 1. The smallest absolute Gasteiger partial charge is 0.407 e. The highest BCUT2D eigenvalue weighted by atomic mass is 79.9. The van der Waals surface area contributed by atoms with Crippen LogP contribution in [-0.4, -0.2) is 33.5 Å². The molecule has 0 saturated carbocycles. The summed E-state index contributed by atoms with van der Waals surface area (Å²) in [4.78, 5) is 11.2. The molecule has 0 unspecified atom stereocenters. The first-order valence-electron chi connectivity index (χ1n) is 5.93. The molecule has 0 saturated heterocycles. The molecule has 1 rings (SSSR count). The van der Waals surface area contributed by atoms with Gasteiger partial charge in [-0.25, -0.2) is 4.79 Å². The number of carbonyl (C=O) groups excluding carboxylic acids is 1. The summed E-state index contributed by atoms with van der Waals surface area (Å²) in [7, 11) is 3.21. The number of carbonyl (C=O) groups is 1. The molecule has 0 fully saturated rings. The van der Waals surface area contributed by atoms with Crippen LogP contribution in [0, 0.1) is 0 Å². The molecule has 1 amide bonds. The van der Waals surface area contributed by atoms with Crippen LogP contribution in [0.15, 0.2) is 16.6 Å². The minimum Gasteiger partial charge on any atom is -0.496 e. The van der Waals surface area contributed by atoms with Crippen LogP contribution in [-0.2, 0) is 11.2 Å². The molecule has 1 N–H and O–H groups in total. The zero-order chi connectivity index (χ0) is 14.3. The van der Waals surface area contributed by atoms with Gasteiger partial charge in [-0.1, -0.05) is 0 Å². The van der Waals surface area contributed by atoms with E-state index in [2.05, 4.69) is 21.2 Å². The van der Waals surface area contributed by atoms with Crippen LogP contribution in [0.25, 0.3) is 0 Å². The molecule has 0 radical (unpaired) electrons. The summed E-state index contributed by atoms with van der Waals surface area (Å²) in [5.74, 6) is 1.48. The maximum atomic E-state index is 11.2. The lowest BCUT2D eigenvalue weighted by atomic mass is 10.1. The first-order chi connectivity index (χ1) is 9.12. The Balaban J connectivity index is 2.68. The van der Waals surface area contributed by atoms with E-state index in [0.29, 0.717) is 19.6 Å². The summed E-state index contributed by atoms with van der Waals surface area (Å²) in [6.07, 6.45) is 0.219. The van der Waals surface area contributed by atoms with Crippen LogP contribution < -0.4 is 14.8 Å². The standard InChI is InChI=1S/C13H18BrNO4/c1-4-19-13(16)15-6-5-9-7-12(18-3)10(14)8-11(9)17-2/h7-8H,4-6H2,1-3H3,(H,15,16). The lowest BCUT2D eigenvalue weighted by molar-refractivity contribution is 0.152. The molecule has 0 atom stereocenters. The van der Waals surface area contributed by atoms with Crippen molar-refractivity contribution in [3.05, 3.63) is 22.2 Å². The molecule has 5 nitrogen and oxygen atoms in total. The van der Waals surface area contributed by atoms with E-state index in [-0.39, 0.29) is 0 Å². The molecule has 0 aliphatic heterocycles. The lowest BCUT2D eigenvalue weighted by Gasteiger charge is -2.12. The number of methoxy groups -OCH3 is 2. The van der Waals surface area contributed by atoms with Gasteiger partial charge in [0.15, 0.2) is 0 Å². The predicted octanol–water partition coefficient (Wildman–Crippen LogP) is 2.75. The second kappa shape index (κ2) is 7.89. The first-order valence-corrected chi connectivity index (χ1v) is 6.72. The number of halogens is 1. The highest BCUT2D eigenvalue weighted by Crippen LogP contribution is 2.32. The van der Waals surface area contributed by atoms with Gasteiger partial charge in [0, 0.05) is 6.54 Å². The van der Waals surface area contributed by atoms with Crippen molar-refractivity contribution in [3.8, 4) is 11.5 Å². The van der Waals surface area contributed by atoms with Crippen LogP contribution in [0.2, 0.25) is 0 Å². The van der Waals surface area contributed by atoms with Crippen molar-refractivity contribution < 1.29 is 19.0 Å². The number of nitrogens with one attached hydrogen (secondary N) is 1. The van der Waals surface area contributed by atoms with Crippen molar-refractivity contribution in [1.29, 1.82) is 0 Å². The third-order valence-electron chi connectivity index (χ3n) is 2.49. The van der Waals surface area contributed by atoms with Crippen LogP contribution in [0.4, 0.5) is 4.79 Å². The topological polar surface area (TPSA) is 56.8 Å². The van der Waals surface area contributed by atoms with Gasteiger partial charge in [-0.3, -0.25) is 0 Å². The van der Waals surface area contributed by atoms with Crippen LogP contribution in [0.3, 0.4) is 0 Å². The highest BCUT2D eigenvalue weighted by molar-refractivity contribution is 9.10. The van der Waals surface area contributed by atoms with Gasteiger partial charge in [0.25, 0.3) is 0 Å². The number of ether oxygens (including phenoxy) is 3. The number of hydrogen-bond acceptors (Lipinski definition) is 4. The Morgan fingerprint density at radius 1 is 1.26 bits per heavy atom. The van der Waals surface area contributed by atoms with Crippen molar-refractivity contribution in [2.45, 2.75) is 13.3 Å². The van der Waals surface area contributed by atoms with E-state index >= 15 is 0 Å². The average Bonchev–Trinajstić information content (AvgIpc) is 2.40. The predicted molar refractivity (Wildman–Crippen MR) is 76.0 cm³/mol. The molecule has 0 aromatic heterocycles. The van der Waals surface area contributed by atoms with Crippen LogP contribution in [0.1, 0.15) is 12.5 Å². The van der Waals surface area contributed by atoms with E-state index in [1.807, 2.05) is 12.1 Å². The van der Waals surface area contributed by atoms with E-state index in [4.69, 9.17) is 14.2 Å². The SMILES string of the molecule is CCOC(=O)NCCc1cc(OC)c(Br)cc1OC. The maximum absolute atomic E-state index is 11.2. The first kappa shape index (κ1) is 15.6. The summed E-state index contributed by atoms with van der Waals surface area (Å²) in [6.45, 7) is 2.60. The van der Waals surface area contributed by atoms with Crippen LogP contribution >= 0.6 is 15.9 Å². The fourth-order valence-electron chi connectivity index (χ4n) is 1.60. The Bertz CT molecular complexity index is 437. The quantitative estimate of drug-likeness (QED) is 0.870. The summed E-state index contributed by atoms with van der Waals surface area (Å²) < 4.78 is 16.2. The Kier molecular flexibility index (Phi) is 6.49. The van der Waals surface area contributed by atoms with Crippen molar-refractivity contribution in [3.63, 3.8) is 0 Å². The van der Waals surface area contributed by atoms with Gasteiger partial charge in [0.05, 0.1) is 25.3 Å². The largest absolute Gasteiger partial charge is 0.496 e. The molecule has 6 heteroatoms. The fourth-order valence-corrected chi connectivity index (χ4v) is 2.08. The monoisotopic (exact) mass is 331 g/mol. The lowest BCUT2D eigenvalue weighted by Crippen LogP contribution is -2.26. The Hall–Kier alpha value is -1.43. The molecular weight excluding hydrogens is 314 g/mol. The van der Waals surface area contributed by atoms with Crippen molar-refractivity contribution >= 4 is 22.0 Å². The molecule has 19 heavy (non-hydrogen) atoms. The molecule has 1 aromatic carbocycles. The summed E-state index contributed by atoms with van der Waals surface area (Å²) >= 11 is 3.40. The Labute approximate surface area is 121 Å². The van der Waals surface area contributed by atoms with E-state index in [1.54, 1.807) is 21.1 Å². The zero-order valence-electron chi connectivity index (χ0n) is 11.3. The van der Waals surface area contributed by atoms with Crippen molar-refractivity contribution in [2.75, 3.05) is 27.4 Å². The van der Waals surface area contributed by atoms with Gasteiger partial charge in [0.1, 0.15) is 11.5 Å². The molecule has 0 aliphatic rings. The second-order valence-electron chi connectivity index (χ2n) is 3.70. The molecule has 0 heterocycles. The van der Waals surface area contributed by atoms with E-state index in [1.165, 1.54) is 0 Å². The maximum Gasteiger partial charge on any atom is 0.407 e. The summed E-state index contributed by atoms with van der Waals surface area (Å²) in [6, 6.07) is 3.73. The van der Waals surface area contributed by atoms with Crippen LogP contribution in [0.5, 0.6) is 11.5 Å². The summed E-state index contributed by atoms with van der Waals surface area (Å²) in [5.41, 5.74) is 0.958. The highest BCUT2D eigenvalue weighted by Gasteiger charge is 2.10. The van der Waals surface area contributed by atoms with Gasteiger partial charge in [-0.15, -0.1) is 0 Å². The third kappa shape index (κ3) is 4.63. The third-order valence-corrected chi connectivity index (χ3v) is 3.11. The zero-order valence-corrected chi connectivity index (χ0v) is 12.9. The fraction of sp³-hybridized carbons (Fsp3) is 0.462. The van der Waals surface area contributed by atoms with Crippen molar-refractivity contribution in [1.82, 2.24) is 5.32 Å². The minimum atomic E-state index is -0.412. The van der Waals surface area contributed by atoms with Crippen molar-refractivity contribution in [2.24, 2.45) is 0 Å². The number of hydrogen-bond donors (Lipinski definition) is 1. The van der Waals surface area contributed by atoms with E-state index in [9.17, 15) is 4.79 Å². The molecule has 1 aromatic rings.